The molecule has 0 unspecified atom stereocenters. The van der Waals surface area contributed by atoms with Crippen LogP contribution in [0.3, 0.4) is 0 Å². The monoisotopic (exact) mass is 275 g/mol. The first-order chi connectivity index (χ1) is 9.65. The third-order valence-corrected chi connectivity index (χ3v) is 3.82. The fraction of sp³-hybridized carbons (Fsp3) is 0.625. The molecule has 20 heavy (non-hydrogen) atoms. The van der Waals surface area contributed by atoms with Crippen LogP contribution in [0.15, 0.2) is 24.5 Å². The highest BCUT2D eigenvalue weighted by Gasteiger charge is 2.20. The van der Waals surface area contributed by atoms with E-state index in [9.17, 15) is 4.79 Å². The normalized spacial score (nSPS) is 23.5. The lowest BCUT2D eigenvalue weighted by Gasteiger charge is -2.34. The quantitative estimate of drug-likeness (QED) is 0.838. The van der Waals surface area contributed by atoms with Gasteiger partial charge in [-0.3, -0.25) is 9.78 Å². The number of hydrogen-bond donors (Lipinski definition) is 1. The summed E-state index contributed by atoms with van der Waals surface area (Å²) in [5, 5.41) is 2.97. The molecule has 1 aliphatic rings. The van der Waals surface area contributed by atoms with E-state index >= 15 is 0 Å². The van der Waals surface area contributed by atoms with Crippen LogP contribution in [-0.2, 0) is 0 Å². The van der Waals surface area contributed by atoms with Crippen LogP contribution in [0.1, 0.15) is 37.0 Å². The molecule has 1 aromatic rings. The number of amides is 1. The highest BCUT2D eigenvalue weighted by molar-refractivity contribution is 5.93. The van der Waals surface area contributed by atoms with E-state index in [1.54, 1.807) is 24.5 Å². The minimum Gasteiger partial charge on any atom is -0.352 e. The van der Waals surface area contributed by atoms with Gasteiger partial charge >= 0.3 is 0 Å². The van der Waals surface area contributed by atoms with E-state index in [1.165, 1.54) is 19.5 Å². The first kappa shape index (κ1) is 15.0. The number of nitrogens with zero attached hydrogens (tertiary/aromatic N) is 2. The number of pyridine rings is 1. The topological polar surface area (TPSA) is 45.2 Å². The summed E-state index contributed by atoms with van der Waals surface area (Å²) in [6.45, 7) is 8.86. The lowest BCUT2D eigenvalue weighted by atomic mass is 9.92. The van der Waals surface area contributed by atoms with E-state index in [-0.39, 0.29) is 5.91 Å². The number of nitrogens with one attached hydrogen (secondary N) is 1. The zero-order valence-electron chi connectivity index (χ0n) is 12.5. The van der Waals surface area contributed by atoms with E-state index in [0.29, 0.717) is 5.56 Å². The van der Waals surface area contributed by atoms with Crippen molar-refractivity contribution in [2.75, 3.05) is 26.2 Å². The average Bonchev–Trinajstić information content (AvgIpc) is 2.43. The molecule has 0 radical (unpaired) electrons. The smallest absolute Gasteiger partial charge is 0.251 e. The molecule has 1 aliphatic heterocycles. The standard InChI is InChI=1S/C16H25N3O/c1-13-10-14(2)12-19(11-13)9-3-6-18-16(20)15-4-7-17-8-5-15/h4-5,7-8,13-14H,3,6,9-12H2,1-2H3,(H,18,20)/t13-,14+. The van der Waals surface area contributed by atoms with E-state index in [2.05, 4.69) is 29.0 Å². The van der Waals surface area contributed by atoms with Gasteiger partial charge in [-0.05, 0) is 43.4 Å². The second kappa shape index (κ2) is 7.39. The Morgan fingerprint density at radius 1 is 1.30 bits per heavy atom. The van der Waals surface area contributed by atoms with Crippen LogP contribution in [0.2, 0.25) is 0 Å². The summed E-state index contributed by atoms with van der Waals surface area (Å²) in [4.78, 5) is 18.3. The zero-order chi connectivity index (χ0) is 14.4. The van der Waals surface area contributed by atoms with Crippen LogP contribution in [0.4, 0.5) is 0 Å². The molecule has 1 amide bonds. The molecule has 4 nitrogen and oxygen atoms in total. The zero-order valence-corrected chi connectivity index (χ0v) is 12.5. The lowest BCUT2D eigenvalue weighted by Crippen LogP contribution is -2.40. The molecular formula is C16H25N3O. The molecule has 4 heteroatoms. The van der Waals surface area contributed by atoms with Crippen molar-refractivity contribution < 1.29 is 4.79 Å². The molecule has 1 saturated heterocycles. The van der Waals surface area contributed by atoms with Gasteiger partial charge in [-0.15, -0.1) is 0 Å². The highest BCUT2D eigenvalue weighted by Crippen LogP contribution is 2.20. The van der Waals surface area contributed by atoms with Gasteiger partial charge in [0.2, 0.25) is 0 Å². The first-order valence-corrected chi connectivity index (χ1v) is 7.55. The number of likely N-dealkylation sites (tertiary alicyclic amines) is 1. The molecule has 0 spiro atoms. The molecule has 2 rings (SSSR count). The lowest BCUT2D eigenvalue weighted by molar-refractivity contribution is 0.0947. The molecule has 1 fully saturated rings. The molecule has 2 atom stereocenters. The Kier molecular flexibility index (Phi) is 5.53. The SMILES string of the molecule is C[C@@H]1C[C@H](C)CN(CCCNC(=O)c2ccncc2)C1. The number of rotatable bonds is 5. The average molecular weight is 275 g/mol. The van der Waals surface area contributed by atoms with E-state index < -0.39 is 0 Å². The number of piperidine rings is 1. The Morgan fingerprint density at radius 2 is 1.95 bits per heavy atom. The van der Waals surface area contributed by atoms with Gasteiger partial charge in [-0.1, -0.05) is 13.8 Å². The maximum absolute atomic E-state index is 11.8. The van der Waals surface area contributed by atoms with Crippen molar-refractivity contribution in [3.63, 3.8) is 0 Å². The van der Waals surface area contributed by atoms with Gasteiger partial charge in [0, 0.05) is 37.6 Å². The number of hydrogen-bond acceptors (Lipinski definition) is 3. The fourth-order valence-electron chi connectivity index (χ4n) is 3.08. The molecule has 1 aromatic heterocycles. The van der Waals surface area contributed by atoms with E-state index in [1.807, 2.05) is 0 Å². The molecule has 1 N–H and O–H groups in total. The summed E-state index contributed by atoms with van der Waals surface area (Å²) < 4.78 is 0. The van der Waals surface area contributed by atoms with Gasteiger partial charge in [0.05, 0.1) is 0 Å². The summed E-state index contributed by atoms with van der Waals surface area (Å²) in [5.74, 6) is 1.59. The predicted octanol–water partition coefficient (Wildman–Crippen LogP) is 2.18. The van der Waals surface area contributed by atoms with Gasteiger partial charge in [0.15, 0.2) is 0 Å². The fourth-order valence-corrected chi connectivity index (χ4v) is 3.08. The molecule has 0 aliphatic carbocycles. The predicted molar refractivity (Wildman–Crippen MR) is 80.6 cm³/mol. The summed E-state index contributed by atoms with van der Waals surface area (Å²) in [7, 11) is 0. The minimum atomic E-state index is -0.00668. The van der Waals surface area contributed by atoms with Crippen molar-refractivity contribution in [1.82, 2.24) is 15.2 Å². The largest absolute Gasteiger partial charge is 0.352 e. The molecular weight excluding hydrogens is 250 g/mol. The van der Waals surface area contributed by atoms with Crippen LogP contribution < -0.4 is 5.32 Å². The Morgan fingerprint density at radius 3 is 2.60 bits per heavy atom. The van der Waals surface area contributed by atoms with Crippen LogP contribution in [0.5, 0.6) is 0 Å². The van der Waals surface area contributed by atoms with Crippen LogP contribution in [0.25, 0.3) is 0 Å². The highest BCUT2D eigenvalue weighted by atomic mass is 16.1. The summed E-state index contributed by atoms with van der Waals surface area (Å²) in [5.41, 5.74) is 0.681. The van der Waals surface area contributed by atoms with Gasteiger partial charge in [0.1, 0.15) is 0 Å². The summed E-state index contributed by atoms with van der Waals surface area (Å²) in [6, 6.07) is 3.48. The van der Waals surface area contributed by atoms with Crippen LogP contribution in [0, 0.1) is 11.8 Å². The molecule has 0 aromatic carbocycles. The molecule has 110 valence electrons. The maximum Gasteiger partial charge on any atom is 0.251 e. The van der Waals surface area contributed by atoms with Gasteiger partial charge in [-0.25, -0.2) is 0 Å². The van der Waals surface area contributed by atoms with Crippen molar-refractivity contribution in [2.45, 2.75) is 26.7 Å². The van der Waals surface area contributed by atoms with Crippen molar-refractivity contribution >= 4 is 5.91 Å². The first-order valence-electron chi connectivity index (χ1n) is 7.55. The van der Waals surface area contributed by atoms with Gasteiger partial charge in [-0.2, -0.15) is 0 Å². The third-order valence-electron chi connectivity index (χ3n) is 3.82. The van der Waals surface area contributed by atoms with Crippen molar-refractivity contribution in [1.29, 1.82) is 0 Å². The number of aromatic nitrogens is 1. The summed E-state index contributed by atoms with van der Waals surface area (Å²) >= 11 is 0. The second-order valence-electron chi connectivity index (χ2n) is 6.05. The van der Waals surface area contributed by atoms with Gasteiger partial charge in [0.25, 0.3) is 5.91 Å². The number of carbonyl (C=O) groups is 1. The molecule has 2 heterocycles. The van der Waals surface area contributed by atoms with Crippen molar-refractivity contribution in [3.05, 3.63) is 30.1 Å². The second-order valence-corrected chi connectivity index (χ2v) is 6.05. The number of carbonyl (C=O) groups excluding carboxylic acids is 1. The van der Waals surface area contributed by atoms with Crippen molar-refractivity contribution in [3.8, 4) is 0 Å². The molecule has 0 saturated carbocycles. The van der Waals surface area contributed by atoms with Gasteiger partial charge < -0.3 is 10.2 Å². The minimum absolute atomic E-state index is 0.00668. The summed E-state index contributed by atoms with van der Waals surface area (Å²) in [6.07, 6.45) is 5.64. The van der Waals surface area contributed by atoms with Crippen molar-refractivity contribution in [2.24, 2.45) is 11.8 Å². The van der Waals surface area contributed by atoms with E-state index in [4.69, 9.17) is 0 Å². The molecule has 0 bridgehead atoms. The van der Waals surface area contributed by atoms with E-state index in [0.717, 1.165) is 31.3 Å². The Hall–Kier alpha value is -1.42. The maximum atomic E-state index is 11.8. The Labute approximate surface area is 121 Å². The van der Waals surface area contributed by atoms with Crippen LogP contribution in [-0.4, -0.2) is 42.0 Å². The van der Waals surface area contributed by atoms with Crippen LogP contribution >= 0.6 is 0 Å². The third kappa shape index (κ3) is 4.60. The Bertz CT molecular complexity index is 411. The Balaban J connectivity index is 1.65.